The topological polar surface area (TPSA) is 88.9 Å². The molecule has 3 aromatic rings. The van der Waals surface area contributed by atoms with E-state index in [1.54, 1.807) is 10.6 Å². The van der Waals surface area contributed by atoms with Gasteiger partial charge in [0.2, 0.25) is 11.8 Å². The summed E-state index contributed by atoms with van der Waals surface area (Å²) in [6.07, 6.45) is 1.71. The Morgan fingerprint density at radius 2 is 1.84 bits per heavy atom. The van der Waals surface area contributed by atoms with Gasteiger partial charge in [-0.05, 0) is 48.9 Å². The molecule has 3 rings (SSSR count). The van der Waals surface area contributed by atoms with Crippen LogP contribution in [0.2, 0.25) is 0 Å². The molecule has 31 heavy (non-hydrogen) atoms. The number of hydrogen-bond acceptors (Lipinski definition) is 5. The monoisotopic (exact) mass is 439 g/mol. The summed E-state index contributed by atoms with van der Waals surface area (Å²) >= 11 is 1.20. The number of rotatable bonds is 9. The first-order chi connectivity index (χ1) is 14.9. The zero-order chi connectivity index (χ0) is 22.2. The van der Waals surface area contributed by atoms with Crippen molar-refractivity contribution in [3.8, 4) is 0 Å². The second kappa shape index (κ2) is 10.5. The number of aromatic nitrogens is 3. The first-order valence-electron chi connectivity index (χ1n) is 9.52. The van der Waals surface area contributed by atoms with Crippen LogP contribution >= 0.6 is 11.8 Å². The zero-order valence-electron chi connectivity index (χ0n) is 17.0. The maximum Gasteiger partial charge on any atom is 0.234 e. The Kier molecular flexibility index (Phi) is 7.55. The number of halogens is 1. The number of nitrogens with zero attached hydrogens (tertiary/aromatic N) is 3. The van der Waals surface area contributed by atoms with Crippen LogP contribution in [0.25, 0.3) is 0 Å². The molecular weight excluding hydrogens is 417 g/mol. The number of amides is 2. The molecule has 0 bridgehead atoms. The molecule has 0 fully saturated rings. The van der Waals surface area contributed by atoms with Crippen LogP contribution in [-0.2, 0) is 22.6 Å². The normalized spacial score (nSPS) is 10.5. The van der Waals surface area contributed by atoms with E-state index in [1.807, 2.05) is 31.2 Å². The Labute approximate surface area is 183 Å². The Hall–Kier alpha value is -3.46. The number of carbonyl (C=O) groups is 2. The summed E-state index contributed by atoms with van der Waals surface area (Å²) < 4.78 is 14.7. The first-order valence-corrected chi connectivity index (χ1v) is 10.5. The molecule has 9 heteroatoms. The fourth-order valence-corrected chi connectivity index (χ4v) is 3.57. The lowest BCUT2D eigenvalue weighted by molar-refractivity contribution is -0.116. The van der Waals surface area contributed by atoms with Crippen molar-refractivity contribution in [1.29, 1.82) is 0 Å². The Morgan fingerprint density at radius 1 is 1.10 bits per heavy atom. The van der Waals surface area contributed by atoms with Gasteiger partial charge in [0.25, 0.3) is 0 Å². The van der Waals surface area contributed by atoms with Crippen molar-refractivity contribution >= 4 is 35.0 Å². The molecule has 0 aliphatic heterocycles. The van der Waals surface area contributed by atoms with Gasteiger partial charge in [0.15, 0.2) is 5.16 Å². The fourth-order valence-electron chi connectivity index (χ4n) is 2.80. The molecule has 0 radical (unpaired) electrons. The minimum Gasteiger partial charge on any atom is -0.326 e. The van der Waals surface area contributed by atoms with E-state index in [9.17, 15) is 14.0 Å². The molecule has 2 N–H and O–H groups in total. The third kappa shape index (κ3) is 6.51. The van der Waals surface area contributed by atoms with Crippen LogP contribution in [-0.4, -0.2) is 32.3 Å². The maximum atomic E-state index is 13.0. The highest BCUT2D eigenvalue weighted by atomic mass is 32.2. The maximum absolute atomic E-state index is 13.0. The van der Waals surface area contributed by atoms with E-state index >= 15 is 0 Å². The second-order valence-corrected chi connectivity index (χ2v) is 7.68. The van der Waals surface area contributed by atoms with Gasteiger partial charge < -0.3 is 15.2 Å². The van der Waals surface area contributed by atoms with Crippen molar-refractivity contribution in [2.75, 3.05) is 16.4 Å². The fraction of sp³-hybridized carbons (Fsp3) is 0.182. The van der Waals surface area contributed by atoms with E-state index in [1.165, 1.54) is 36.0 Å². The van der Waals surface area contributed by atoms with Crippen LogP contribution in [0, 0.1) is 12.7 Å². The van der Waals surface area contributed by atoms with E-state index in [0.29, 0.717) is 28.9 Å². The second-order valence-electron chi connectivity index (χ2n) is 6.74. The SMILES string of the molecule is C=CCn1c(CC(=O)Nc2cccc(C)c2)nnc1SCC(=O)Nc1ccc(F)cc1. The van der Waals surface area contributed by atoms with Crippen LogP contribution in [0.3, 0.4) is 0 Å². The van der Waals surface area contributed by atoms with Crippen molar-refractivity contribution in [2.45, 2.75) is 25.0 Å². The summed E-state index contributed by atoms with van der Waals surface area (Å²) in [5.74, 6) is -0.282. The minimum atomic E-state index is -0.371. The van der Waals surface area contributed by atoms with Crippen molar-refractivity contribution in [1.82, 2.24) is 14.8 Å². The van der Waals surface area contributed by atoms with E-state index in [2.05, 4.69) is 27.4 Å². The van der Waals surface area contributed by atoms with Crippen LogP contribution in [0.5, 0.6) is 0 Å². The Morgan fingerprint density at radius 3 is 2.55 bits per heavy atom. The van der Waals surface area contributed by atoms with E-state index in [4.69, 9.17) is 0 Å². The quantitative estimate of drug-likeness (QED) is 0.391. The summed E-state index contributed by atoms with van der Waals surface area (Å²) in [5, 5.41) is 14.3. The summed E-state index contributed by atoms with van der Waals surface area (Å²) in [4.78, 5) is 24.6. The number of nitrogens with one attached hydrogen (secondary N) is 2. The first kappa shape index (κ1) is 22.2. The highest BCUT2D eigenvalue weighted by molar-refractivity contribution is 7.99. The van der Waals surface area contributed by atoms with Gasteiger partial charge in [0, 0.05) is 17.9 Å². The molecule has 0 atom stereocenters. The average molecular weight is 440 g/mol. The van der Waals surface area contributed by atoms with Crippen molar-refractivity contribution in [3.05, 3.63) is 78.4 Å². The van der Waals surface area contributed by atoms with E-state index in [0.717, 1.165) is 5.56 Å². The third-order valence-electron chi connectivity index (χ3n) is 4.19. The Bertz CT molecular complexity index is 1080. The van der Waals surface area contributed by atoms with Crippen LogP contribution in [0.4, 0.5) is 15.8 Å². The smallest absolute Gasteiger partial charge is 0.234 e. The van der Waals surface area contributed by atoms with Crippen LogP contribution in [0.15, 0.2) is 66.3 Å². The summed E-state index contributed by atoms with van der Waals surface area (Å²) in [6.45, 7) is 6.09. The van der Waals surface area contributed by atoms with Gasteiger partial charge in [-0.25, -0.2) is 4.39 Å². The van der Waals surface area contributed by atoms with E-state index in [-0.39, 0.29) is 29.8 Å². The molecule has 2 amide bonds. The highest BCUT2D eigenvalue weighted by Gasteiger charge is 2.16. The molecule has 160 valence electrons. The molecule has 1 aromatic heterocycles. The molecular formula is C22H22FN5O2S. The molecule has 0 saturated heterocycles. The molecule has 0 aliphatic rings. The Balaban J connectivity index is 1.61. The van der Waals surface area contributed by atoms with Crippen molar-refractivity contribution in [3.63, 3.8) is 0 Å². The van der Waals surface area contributed by atoms with Gasteiger partial charge in [-0.3, -0.25) is 9.59 Å². The number of thioether (sulfide) groups is 1. The number of hydrogen-bond donors (Lipinski definition) is 2. The number of benzene rings is 2. The van der Waals surface area contributed by atoms with Gasteiger partial charge in [-0.2, -0.15) is 0 Å². The molecule has 0 unspecified atom stereocenters. The highest BCUT2D eigenvalue weighted by Crippen LogP contribution is 2.19. The van der Waals surface area contributed by atoms with Gasteiger partial charge in [-0.1, -0.05) is 30.0 Å². The summed E-state index contributed by atoms with van der Waals surface area (Å²) in [7, 11) is 0. The molecule has 0 aliphatic carbocycles. The molecule has 0 saturated carbocycles. The van der Waals surface area contributed by atoms with Crippen LogP contribution in [0.1, 0.15) is 11.4 Å². The average Bonchev–Trinajstić information content (AvgIpc) is 3.10. The lowest BCUT2D eigenvalue weighted by atomic mass is 10.2. The third-order valence-corrected chi connectivity index (χ3v) is 5.15. The predicted octanol–water partition coefficient (Wildman–Crippen LogP) is 3.82. The minimum absolute atomic E-state index is 0.0388. The van der Waals surface area contributed by atoms with Crippen molar-refractivity contribution < 1.29 is 14.0 Å². The predicted molar refractivity (Wildman–Crippen MR) is 119 cm³/mol. The van der Waals surface area contributed by atoms with Gasteiger partial charge in [0.05, 0.1) is 12.2 Å². The molecule has 2 aromatic carbocycles. The lowest BCUT2D eigenvalue weighted by Crippen LogP contribution is -2.18. The van der Waals surface area contributed by atoms with Crippen molar-refractivity contribution in [2.24, 2.45) is 0 Å². The molecule has 0 spiro atoms. The molecule has 1 heterocycles. The van der Waals surface area contributed by atoms with Gasteiger partial charge in [0.1, 0.15) is 11.6 Å². The molecule has 7 nitrogen and oxygen atoms in total. The number of allylic oxidation sites excluding steroid dienone is 1. The van der Waals surface area contributed by atoms with Crippen LogP contribution < -0.4 is 10.6 Å². The largest absolute Gasteiger partial charge is 0.326 e. The standard InChI is InChI=1S/C22H22FN5O2S/c1-3-11-28-19(13-20(29)25-18-6-4-5-15(2)12-18)26-27-22(28)31-14-21(30)24-17-9-7-16(23)8-10-17/h3-10,12H,1,11,13-14H2,2H3,(H,24,30)(H,25,29). The zero-order valence-corrected chi connectivity index (χ0v) is 17.8. The lowest BCUT2D eigenvalue weighted by Gasteiger charge is -2.09. The van der Waals surface area contributed by atoms with Gasteiger partial charge in [-0.15, -0.1) is 16.8 Å². The number of carbonyl (C=O) groups excluding carboxylic acids is 2. The number of anilines is 2. The summed E-state index contributed by atoms with van der Waals surface area (Å²) in [5.41, 5.74) is 2.27. The number of aryl methyl sites for hydroxylation is 1. The van der Waals surface area contributed by atoms with Gasteiger partial charge >= 0.3 is 0 Å². The summed E-state index contributed by atoms with van der Waals surface area (Å²) in [6, 6.07) is 13.1. The van der Waals surface area contributed by atoms with E-state index < -0.39 is 0 Å².